The van der Waals surface area contributed by atoms with Crippen molar-refractivity contribution in [1.82, 2.24) is 19.7 Å². The van der Waals surface area contributed by atoms with Gasteiger partial charge in [0.25, 0.3) is 0 Å². The van der Waals surface area contributed by atoms with Crippen molar-refractivity contribution in [2.24, 2.45) is 5.92 Å². The van der Waals surface area contributed by atoms with Crippen molar-refractivity contribution >= 4 is 5.95 Å². The lowest BCUT2D eigenvalue weighted by atomic mass is 9.53. The van der Waals surface area contributed by atoms with E-state index >= 15 is 0 Å². The van der Waals surface area contributed by atoms with E-state index in [4.69, 9.17) is 14.2 Å². The topological polar surface area (TPSA) is 175 Å². The van der Waals surface area contributed by atoms with E-state index in [0.29, 0.717) is 24.7 Å². The average molecular weight is 556 g/mol. The molecule has 13 heteroatoms. The number of phenols is 1. The Morgan fingerprint density at radius 3 is 2.80 bits per heavy atom. The summed E-state index contributed by atoms with van der Waals surface area (Å²) in [4.78, 5) is 6.74. The molecule has 2 saturated heterocycles. The number of aliphatic hydroxyl groups excluding tert-OH is 4. The number of nitrogens with one attached hydrogen (secondary N) is 1. The highest BCUT2D eigenvalue weighted by atomic mass is 16.7. The molecule has 0 saturated carbocycles. The summed E-state index contributed by atoms with van der Waals surface area (Å²) in [5.41, 5.74) is 1.80. The Balaban J connectivity index is 1.12. The van der Waals surface area contributed by atoms with Crippen LogP contribution in [0.3, 0.4) is 0 Å². The Morgan fingerprint density at radius 1 is 1.10 bits per heavy atom. The lowest BCUT2D eigenvalue weighted by Gasteiger charge is -2.57. The smallest absolute Gasteiger partial charge is 0.223 e. The fraction of sp³-hybridized carbons (Fsp3) is 0.630. The van der Waals surface area contributed by atoms with Crippen LogP contribution in [0.15, 0.2) is 24.3 Å². The molecule has 1 aromatic heterocycles. The van der Waals surface area contributed by atoms with Crippen molar-refractivity contribution in [2.75, 3.05) is 18.9 Å². The number of aromatic nitrogens is 3. The number of aromatic hydroxyl groups is 1. The third-order valence-electron chi connectivity index (χ3n) is 9.84. The van der Waals surface area contributed by atoms with E-state index in [-0.39, 0.29) is 23.5 Å². The maximum absolute atomic E-state index is 10.9. The van der Waals surface area contributed by atoms with E-state index in [1.807, 2.05) is 12.1 Å². The van der Waals surface area contributed by atoms with Crippen LogP contribution in [-0.2, 0) is 27.9 Å². The third-order valence-corrected chi connectivity index (χ3v) is 9.84. The second-order valence-electron chi connectivity index (χ2n) is 11.9. The van der Waals surface area contributed by atoms with Gasteiger partial charge in [0.1, 0.15) is 36.7 Å². The van der Waals surface area contributed by atoms with E-state index < -0.39 is 54.6 Å². The van der Waals surface area contributed by atoms with Gasteiger partial charge in [0.15, 0.2) is 29.7 Å². The minimum Gasteiger partial charge on any atom is -0.504 e. The number of rotatable bonds is 3. The normalized spacial score (nSPS) is 43.0. The molecule has 4 aliphatic heterocycles. The molecule has 8 rings (SSSR count). The first-order valence-electron chi connectivity index (χ1n) is 13.9. The Morgan fingerprint density at radius 2 is 1.95 bits per heavy atom. The molecule has 6 N–H and O–H groups in total. The molecule has 0 radical (unpaired) electrons. The van der Waals surface area contributed by atoms with Gasteiger partial charge >= 0.3 is 0 Å². The first-order valence-corrected chi connectivity index (χ1v) is 13.9. The number of aryl methyl sites for hydroxylation is 1. The molecule has 2 fully saturated rings. The Labute approximate surface area is 229 Å². The van der Waals surface area contributed by atoms with Crippen LogP contribution in [-0.4, -0.2) is 108 Å². The number of phenolic OH excluding ortho intramolecular Hbond substituents is 1. The highest BCUT2D eigenvalue weighted by Gasteiger charge is 2.65. The third kappa shape index (κ3) is 3.27. The van der Waals surface area contributed by atoms with Crippen molar-refractivity contribution in [3.8, 4) is 11.5 Å². The van der Waals surface area contributed by atoms with Gasteiger partial charge in [-0.15, -0.1) is 0 Å². The maximum Gasteiger partial charge on any atom is 0.223 e. The molecule has 1 aromatic carbocycles. The first kappa shape index (κ1) is 25.0. The Bertz CT molecular complexity index is 1380. The molecule has 0 amide bonds. The lowest BCUT2D eigenvalue weighted by Crippen LogP contribution is -2.66. The van der Waals surface area contributed by atoms with Gasteiger partial charge in [-0.25, -0.2) is 4.68 Å². The maximum atomic E-state index is 10.9. The van der Waals surface area contributed by atoms with E-state index in [1.165, 1.54) is 5.56 Å². The number of ether oxygens (including phenoxy) is 3. The van der Waals surface area contributed by atoms with Gasteiger partial charge in [0.05, 0.1) is 0 Å². The fourth-order valence-electron chi connectivity index (χ4n) is 7.87. The molecular weight excluding hydrogens is 522 g/mol. The van der Waals surface area contributed by atoms with Gasteiger partial charge in [-0.2, -0.15) is 10.1 Å². The Hall–Kier alpha value is -2.78. The molecule has 1 spiro atoms. The second-order valence-corrected chi connectivity index (χ2v) is 11.9. The minimum absolute atomic E-state index is 0.0958. The summed E-state index contributed by atoms with van der Waals surface area (Å²) in [7, 11) is 2.14. The van der Waals surface area contributed by atoms with E-state index in [1.54, 1.807) is 10.7 Å². The highest BCUT2D eigenvalue weighted by molar-refractivity contribution is 5.61. The largest absolute Gasteiger partial charge is 0.504 e. The number of hydrogen-bond donors (Lipinski definition) is 6. The van der Waals surface area contributed by atoms with Crippen molar-refractivity contribution in [3.05, 3.63) is 41.2 Å². The molecule has 40 heavy (non-hydrogen) atoms. The summed E-state index contributed by atoms with van der Waals surface area (Å²) in [6.07, 6.45) is -2.86. The molecule has 1 unspecified atom stereocenters. The lowest BCUT2D eigenvalue weighted by molar-refractivity contribution is -0.314. The molecule has 6 aliphatic rings. The fourth-order valence-corrected chi connectivity index (χ4v) is 7.87. The quantitative estimate of drug-likeness (QED) is 0.259. The van der Waals surface area contributed by atoms with Gasteiger partial charge in [-0.3, -0.25) is 0 Å². The predicted octanol–water partition coefficient (Wildman–Crippen LogP) is -0.872. The van der Waals surface area contributed by atoms with Gasteiger partial charge in [0.2, 0.25) is 5.95 Å². The zero-order valence-electron chi connectivity index (χ0n) is 21.9. The van der Waals surface area contributed by atoms with Crippen LogP contribution in [0.1, 0.15) is 35.9 Å². The van der Waals surface area contributed by atoms with Crippen molar-refractivity contribution in [3.63, 3.8) is 0 Å². The van der Waals surface area contributed by atoms with E-state index in [9.17, 15) is 25.5 Å². The number of hydrogen-bond acceptors (Lipinski definition) is 12. The molecule has 2 aromatic rings. The minimum atomic E-state index is -1.58. The van der Waals surface area contributed by atoms with Crippen molar-refractivity contribution < 1.29 is 39.7 Å². The molecule has 5 heterocycles. The van der Waals surface area contributed by atoms with Crippen LogP contribution < -0.4 is 10.1 Å². The number of anilines is 1. The molecule has 214 valence electrons. The highest BCUT2D eigenvalue weighted by Crippen LogP contribution is 2.62. The van der Waals surface area contributed by atoms with Crippen LogP contribution >= 0.6 is 0 Å². The number of likely N-dealkylation sites (N-methyl/N-ethyl adjacent to an activating group) is 1. The number of likely N-dealkylation sites (tertiary alicyclic amines) is 1. The number of nitrogens with zero attached hydrogens (tertiary/aromatic N) is 4. The summed E-state index contributed by atoms with van der Waals surface area (Å²) in [5, 5.41) is 60.4. The standard InChI is InChI=1S/C27H33N5O8/c1-31-9-7-27-12-3-5-15(23(27)39-21-14(33)4-2-11(17(21)27)10-13(12)31)38-25-20(37)18(35)19(36)22(40-25)24-29-26-28-16(34)6-8-32(26)30-24/h2-5,12-13,15-16,18-20,22-23,25,33-37H,6-10H2,1H3,(H,28,29,30)/t12-,13+,15-,16?,18-,19-,20+,22-,23-,25+,27-/m0/s1. The van der Waals surface area contributed by atoms with Gasteiger partial charge in [0, 0.05) is 35.9 Å². The van der Waals surface area contributed by atoms with Crippen LogP contribution in [0.25, 0.3) is 0 Å². The summed E-state index contributed by atoms with van der Waals surface area (Å²) < 4.78 is 20.5. The summed E-state index contributed by atoms with van der Waals surface area (Å²) in [6, 6.07) is 3.95. The molecule has 2 bridgehead atoms. The van der Waals surface area contributed by atoms with Crippen LogP contribution in [0.2, 0.25) is 0 Å². The van der Waals surface area contributed by atoms with Crippen LogP contribution in [0, 0.1) is 5.92 Å². The number of benzene rings is 1. The molecule has 13 nitrogen and oxygen atoms in total. The zero-order valence-corrected chi connectivity index (χ0v) is 21.9. The van der Waals surface area contributed by atoms with Crippen LogP contribution in [0.5, 0.6) is 11.5 Å². The molecule has 2 aliphatic carbocycles. The zero-order chi connectivity index (χ0) is 27.5. The monoisotopic (exact) mass is 555 g/mol. The first-order chi connectivity index (χ1) is 19.3. The summed E-state index contributed by atoms with van der Waals surface area (Å²) >= 11 is 0. The number of piperidine rings is 1. The SMILES string of the molecule is CN1CC[C@]23c4c5ccc(O)c4O[C@H]2[C@@H](O[C@@H]2O[C@H](c4nc6n(n4)CCC(O)N6)[C@@H](O)[C@H](O)[C@H]2O)C=C[C@H]3[C@H]1C5. The Kier molecular flexibility index (Phi) is 5.38. The van der Waals surface area contributed by atoms with E-state index in [0.717, 1.165) is 24.9 Å². The number of aliphatic hydroxyl groups is 4. The van der Waals surface area contributed by atoms with Crippen molar-refractivity contribution in [1.29, 1.82) is 0 Å². The molecular formula is C27H33N5O8. The van der Waals surface area contributed by atoms with Gasteiger partial charge in [-0.1, -0.05) is 18.2 Å². The van der Waals surface area contributed by atoms with Crippen LogP contribution in [0.4, 0.5) is 5.95 Å². The predicted molar refractivity (Wildman–Crippen MR) is 136 cm³/mol. The van der Waals surface area contributed by atoms with Gasteiger partial charge in [-0.05, 0) is 38.1 Å². The average Bonchev–Trinajstić information content (AvgIpc) is 3.52. The van der Waals surface area contributed by atoms with Crippen molar-refractivity contribution in [2.45, 2.75) is 86.4 Å². The molecule has 11 atom stereocenters. The second kappa shape index (κ2) is 8.61. The summed E-state index contributed by atoms with van der Waals surface area (Å²) in [6.45, 7) is 1.29. The van der Waals surface area contributed by atoms with E-state index in [2.05, 4.69) is 33.4 Å². The van der Waals surface area contributed by atoms with Gasteiger partial charge < -0.3 is 50.0 Å². The number of fused-ring (bicyclic) bond motifs is 1. The summed E-state index contributed by atoms with van der Waals surface area (Å²) in [5.74, 6) is 1.18.